The molecule has 0 saturated heterocycles. The Morgan fingerprint density at radius 3 is 2.46 bits per heavy atom. The molecule has 28 heavy (non-hydrogen) atoms. The number of hydrogen-bond acceptors (Lipinski definition) is 3. The molecule has 1 aromatic carbocycles. The number of nitrogens with zero attached hydrogens (tertiary/aromatic N) is 4. The molecule has 1 amide bonds. The maximum absolute atomic E-state index is 13.5. The van der Waals surface area contributed by atoms with Crippen LogP contribution in [-0.4, -0.2) is 38.7 Å². The van der Waals surface area contributed by atoms with Gasteiger partial charge in [0.25, 0.3) is 5.91 Å². The Balaban J connectivity index is 1.83. The topological polar surface area (TPSA) is 51.0 Å². The zero-order valence-electron chi connectivity index (χ0n) is 17.2. The second-order valence-corrected chi connectivity index (χ2v) is 8.04. The summed E-state index contributed by atoms with van der Waals surface area (Å²) in [5.41, 5.74) is 5.35. The van der Waals surface area contributed by atoms with Gasteiger partial charge in [-0.15, -0.1) is 0 Å². The lowest BCUT2D eigenvalue weighted by atomic mass is 9.94. The van der Waals surface area contributed by atoms with Crippen LogP contribution in [0.25, 0.3) is 22.3 Å². The number of pyridine rings is 1. The van der Waals surface area contributed by atoms with E-state index < -0.39 is 0 Å². The molecule has 5 nitrogen and oxygen atoms in total. The molecule has 0 spiro atoms. The fourth-order valence-electron chi connectivity index (χ4n) is 4.31. The molecule has 1 fully saturated rings. The van der Waals surface area contributed by atoms with E-state index in [1.165, 1.54) is 24.8 Å². The van der Waals surface area contributed by atoms with E-state index in [1.807, 2.05) is 32.0 Å². The molecule has 0 unspecified atom stereocenters. The first-order valence-electron chi connectivity index (χ1n) is 10.1. The maximum Gasteiger partial charge on any atom is 0.254 e. The summed E-state index contributed by atoms with van der Waals surface area (Å²) in [6.45, 7) is 4.02. The molecule has 2 heterocycles. The number of benzene rings is 1. The predicted molar refractivity (Wildman–Crippen MR) is 112 cm³/mol. The zero-order chi connectivity index (χ0) is 19.8. The molecular formula is C23H28N4O. The number of hydrogen-bond donors (Lipinski definition) is 0. The third-order valence-electron chi connectivity index (χ3n) is 5.99. The summed E-state index contributed by atoms with van der Waals surface area (Å²) < 4.78 is 1.78. The van der Waals surface area contributed by atoms with E-state index in [1.54, 1.807) is 4.68 Å². The van der Waals surface area contributed by atoms with E-state index in [9.17, 15) is 4.79 Å². The van der Waals surface area contributed by atoms with Gasteiger partial charge in [-0.05, 0) is 32.8 Å². The van der Waals surface area contributed by atoms with E-state index >= 15 is 0 Å². The Morgan fingerprint density at radius 2 is 1.79 bits per heavy atom. The van der Waals surface area contributed by atoms with E-state index in [-0.39, 0.29) is 5.91 Å². The zero-order valence-corrected chi connectivity index (χ0v) is 17.2. The number of fused-ring (bicyclic) bond motifs is 1. The van der Waals surface area contributed by atoms with Crippen LogP contribution in [-0.2, 0) is 7.05 Å². The highest BCUT2D eigenvalue weighted by Gasteiger charge is 2.26. The Labute approximate surface area is 166 Å². The van der Waals surface area contributed by atoms with Crippen molar-refractivity contribution in [2.75, 3.05) is 7.05 Å². The normalized spacial score (nSPS) is 15.1. The van der Waals surface area contributed by atoms with E-state index in [2.05, 4.69) is 36.3 Å². The molecule has 1 aliphatic carbocycles. The highest BCUT2D eigenvalue weighted by Crippen LogP contribution is 2.29. The smallest absolute Gasteiger partial charge is 0.254 e. The van der Waals surface area contributed by atoms with Crippen LogP contribution in [0.3, 0.4) is 0 Å². The minimum atomic E-state index is 0.0729. The van der Waals surface area contributed by atoms with Crippen molar-refractivity contribution in [3.05, 3.63) is 47.2 Å². The fraction of sp³-hybridized carbons (Fsp3) is 0.435. The summed E-state index contributed by atoms with van der Waals surface area (Å²) in [5, 5.41) is 5.40. The quantitative estimate of drug-likeness (QED) is 0.668. The SMILES string of the molecule is Cc1ccc(-c2cc(C(=O)N(C)C3CCCCC3)c3c(C)nn(C)c3n2)cc1. The summed E-state index contributed by atoms with van der Waals surface area (Å²) in [7, 11) is 3.84. The monoisotopic (exact) mass is 376 g/mol. The van der Waals surface area contributed by atoms with Crippen LogP contribution in [0.2, 0.25) is 0 Å². The summed E-state index contributed by atoms with van der Waals surface area (Å²) >= 11 is 0. The standard InChI is InChI=1S/C23H28N4O/c1-15-10-12-17(13-11-15)20-14-19(21-16(2)25-27(4)22(21)24-20)23(28)26(3)18-8-6-5-7-9-18/h10-14,18H,5-9H2,1-4H3. The second kappa shape index (κ2) is 7.38. The summed E-state index contributed by atoms with van der Waals surface area (Å²) in [6.07, 6.45) is 5.86. The van der Waals surface area contributed by atoms with Gasteiger partial charge >= 0.3 is 0 Å². The first-order chi connectivity index (χ1) is 13.5. The van der Waals surface area contributed by atoms with E-state index in [0.29, 0.717) is 11.6 Å². The average Bonchev–Trinajstić information content (AvgIpc) is 3.01. The van der Waals surface area contributed by atoms with Crippen molar-refractivity contribution < 1.29 is 4.79 Å². The van der Waals surface area contributed by atoms with Gasteiger partial charge in [0.05, 0.1) is 22.3 Å². The van der Waals surface area contributed by atoms with Crippen molar-refractivity contribution in [2.24, 2.45) is 7.05 Å². The van der Waals surface area contributed by atoms with Gasteiger partial charge in [0.2, 0.25) is 0 Å². The van der Waals surface area contributed by atoms with Gasteiger partial charge in [-0.2, -0.15) is 5.10 Å². The van der Waals surface area contributed by atoms with Crippen molar-refractivity contribution in [1.29, 1.82) is 0 Å². The predicted octanol–water partition coefficient (Wildman–Crippen LogP) is 4.66. The maximum atomic E-state index is 13.5. The van der Waals surface area contributed by atoms with Gasteiger partial charge in [0.1, 0.15) is 0 Å². The number of carbonyl (C=O) groups excluding carboxylic acids is 1. The lowest BCUT2D eigenvalue weighted by Gasteiger charge is -2.31. The summed E-state index contributed by atoms with van der Waals surface area (Å²) in [5.74, 6) is 0.0729. The largest absolute Gasteiger partial charge is 0.339 e. The van der Waals surface area contributed by atoms with Gasteiger partial charge in [0, 0.05) is 25.7 Å². The van der Waals surface area contributed by atoms with Gasteiger partial charge in [-0.25, -0.2) is 4.98 Å². The minimum absolute atomic E-state index is 0.0729. The minimum Gasteiger partial charge on any atom is -0.339 e. The third kappa shape index (κ3) is 3.30. The molecule has 5 heteroatoms. The Hall–Kier alpha value is -2.69. The van der Waals surface area contributed by atoms with Crippen LogP contribution >= 0.6 is 0 Å². The highest BCUT2D eigenvalue weighted by atomic mass is 16.2. The number of amides is 1. The Morgan fingerprint density at radius 1 is 1.11 bits per heavy atom. The van der Waals surface area contributed by atoms with Crippen LogP contribution in [0.15, 0.2) is 30.3 Å². The fourth-order valence-corrected chi connectivity index (χ4v) is 4.31. The van der Waals surface area contributed by atoms with Crippen molar-refractivity contribution >= 4 is 16.9 Å². The second-order valence-electron chi connectivity index (χ2n) is 8.04. The third-order valence-corrected chi connectivity index (χ3v) is 5.99. The molecule has 4 rings (SSSR count). The molecule has 0 bridgehead atoms. The lowest BCUT2D eigenvalue weighted by molar-refractivity contribution is 0.0698. The lowest BCUT2D eigenvalue weighted by Crippen LogP contribution is -2.38. The van der Waals surface area contributed by atoms with E-state index in [0.717, 1.165) is 40.8 Å². The van der Waals surface area contributed by atoms with Gasteiger partial charge in [-0.3, -0.25) is 9.48 Å². The number of carbonyl (C=O) groups is 1. The van der Waals surface area contributed by atoms with Gasteiger partial charge < -0.3 is 4.90 Å². The van der Waals surface area contributed by atoms with Crippen molar-refractivity contribution in [1.82, 2.24) is 19.7 Å². The molecule has 1 aliphatic rings. The number of rotatable bonds is 3. The van der Waals surface area contributed by atoms with Crippen LogP contribution < -0.4 is 0 Å². The first kappa shape index (κ1) is 18.7. The molecular weight excluding hydrogens is 348 g/mol. The highest BCUT2D eigenvalue weighted by molar-refractivity contribution is 6.07. The van der Waals surface area contributed by atoms with Crippen molar-refractivity contribution in [2.45, 2.75) is 52.0 Å². The molecule has 0 aliphatic heterocycles. The van der Waals surface area contributed by atoms with Gasteiger partial charge in [0.15, 0.2) is 5.65 Å². The number of aryl methyl sites for hydroxylation is 3. The van der Waals surface area contributed by atoms with E-state index in [4.69, 9.17) is 4.98 Å². The number of aromatic nitrogens is 3. The Bertz CT molecular complexity index is 1010. The van der Waals surface area contributed by atoms with Gasteiger partial charge in [-0.1, -0.05) is 49.1 Å². The van der Waals surface area contributed by atoms with Crippen LogP contribution in [0, 0.1) is 13.8 Å². The van der Waals surface area contributed by atoms with Crippen LogP contribution in [0.4, 0.5) is 0 Å². The summed E-state index contributed by atoms with van der Waals surface area (Å²) in [6, 6.07) is 10.5. The molecule has 0 N–H and O–H groups in total. The molecule has 146 valence electrons. The molecule has 1 saturated carbocycles. The van der Waals surface area contributed by atoms with Crippen LogP contribution in [0.5, 0.6) is 0 Å². The summed E-state index contributed by atoms with van der Waals surface area (Å²) in [4.78, 5) is 20.3. The Kier molecular flexibility index (Phi) is 4.92. The van der Waals surface area contributed by atoms with Crippen LogP contribution in [0.1, 0.15) is 53.7 Å². The van der Waals surface area contributed by atoms with Crippen molar-refractivity contribution in [3.8, 4) is 11.3 Å². The first-order valence-corrected chi connectivity index (χ1v) is 10.1. The average molecular weight is 377 g/mol. The molecule has 2 aromatic heterocycles. The van der Waals surface area contributed by atoms with Crippen molar-refractivity contribution in [3.63, 3.8) is 0 Å². The molecule has 0 atom stereocenters. The molecule has 0 radical (unpaired) electrons. The molecule has 3 aromatic rings.